The Morgan fingerprint density at radius 1 is 1.06 bits per heavy atom. The van der Waals surface area contributed by atoms with Crippen LogP contribution in [-0.4, -0.2) is 31.1 Å². The first kappa shape index (κ1) is 17.8. The molecule has 0 atom stereocenters. The van der Waals surface area contributed by atoms with Gasteiger partial charge in [-0.25, -0.2) is 4.98 Å². The molecule has 31 heavy (non-hydrogen) atoms. The van der Waals surface area contributed by atoms with Crippen LogP contribution >= 0.6 is 0 Å². The summed E-state index contributed by atoms with van der Waals surface area (Å²) in [5.41, 5.74) is 7.47. The molecule has 0 aliphatic heterocycles. The zero-order chi connectivity index (χ0) is 20.9. The van der Waals surface area contributed by atoms with E-state index in [0.29, 0.717) is 5.82 Å². The number of fused-ring (bicyclic) bond motifs is 2. The van der Waals surface area contributed by atoms with E-state index in [-0.39, 0.29) is 11.8 Å². The van der Waals surface area contributed by atoms with Crippen LogP contribution in [0.1, 0.15) is 18.4 Å². The molecule has 7 heteroatoms. The highest BCUT2D eigenvalue weighted by atomic mass is 16.2. The number of pyridine rings is 1. The summed E-state index contributed by atoms with van der Waals surface area (Å²) in [6, 6.07) is 14.2. The third-order valence-corrected chi connectivity index (χ3v) is 5.70. The van der Waals surface area contributed by atoms with Crippen LogP contribution < -0.4 is 5.32 Å². The van der Waals surface area contributed by atoms with Crippen molar-refractivity contribution in [3.05, 3.63) is 60.4 Å². The van der Waals surface area contributed by atoms with Gasteiger partial charge >= 0.3 is 0 Å². The Morgan fingerprint density at radius 3 is 2.81 bits per heavy atom. The number of aromatic amines is 2. The Balaban J connectivity index is 1.42. The second kappa shape index (κ2) is 6.77. The largest absolute Gasteiger partial charge is 0.335 e. The van der Waals surface area contributed by atoms with Crippen molar-refractivity contribution in [1.82, 2.24) is 25.1 Å². The average molecular weight is 408 g/mol. The normalized spacial score (nSPS) is 13.7. The van der Waals surface area contributed by atoms with Gasteiger partial charge in [-0.15, -0.1) is 0 Å². The Kier molecular flexibility index (Phi) is 3.89. The lowest BCUT2D eigenvalue weighted by atomic mass is 10.0. The molecule has 6 rings (SSSR count). The summed E-state index contributed by atoms with van der Waals surface area (Å²) in [5, 5.41) is 11.6. The van der Waals surface area contributed by atoms with Crippen LogP contribution in [0.4, 0.5) is 5.69 Å². The van der Waals surface area contributed by atoms with Gasteiger partial charge in [-0.05, 0) is 66.8 Å². The average Bonchev–Trinajstić information content (AvgIpc) is 3.40. The fraction of sp³-hybridized carbons (Fsp3) is 0.167. The number of anilines is 1. The predicted molar refractivity (Wildman–Crippen MR) is 121 cm³/mol. The van der Waals surface area contributed by atoms with Gasteiger partial charge in [0.1, 0.15) is 5.69 Å². The monoisotopic (exact) mass is 408 g/mol. The second-order valence-electron chi connectivity index (χ2n) is 8.16. The third kappa shape index (κ3) is 3.24. The van der Waals surface area contributed by atoms with E-state index in [2.05, 4.69) is 48.7 Å². The van der Waals surface area contributed by atoms with E-state index >= 15 is 0 Å². The zero-order valence-electron chi connectivity index (χ0n) is 16.9. The maximum absolute atomic E-state index is 12.2. The molecule has 3 aromatic heterocycles. The lowest BCUT2D eigenvalue weighted by molar-refractivity contribution is -0.117. The molecule has 0 bridgehead atoms. The lowest BCUT2D eigenvalue weighted by Crippen LogP contribution is -2.13. The quantitative estimate of drug-likeness (QED) is 0.397. The number of imidazole rings is 1. The molecule has 2 aromatic carbocycles. The van der Waals surface area contributed by atoms with Crippen LogP contribution in [0.15, 0.2) is 54.9 Å². The molecule has 1 aliphatic rings. The van der Waals surface area contributed by atoms with E-state index in [1.165, 1.54) is 0 Å². The Bertz CT molecular complexity index is 1430. The molecule has 3 heterocycles. The molecule has 0 spiro atoms. The molecular formula is C24H20N6O. The van der Waals surface area contributed by atoms with Gasteiger partial charge in [-0.1, -0.05) is 12.1 Å². The van der Waals surface area contributed by atoms with Crippen molar-refractivity contribution in [3.63, 3.8) is 0 Å². The van der Waals surface area contributed by atoms with Crippen molar-refractivity contribution in [2.45, 2.75) is 19.8 Å². The van der Waals surface area contributed by atoms with Crippen LogP contribution in [0.3, 0.4) is 0 Å². The van der Waals surface area contributed by atoms with E-state index in [4.69, 9.17) is 0 Å². The third-order valence-electron chi connectivity index (χ3n) is 5.70. The van der Waals surface area contributed by atoms with Gasteiger partial charge in [0.2, 0.25) is 5.91 Å². The van der Waals surface area contributed by atoms with E-state index in [9.17, 15) is 4.79 Å². The fourth-order valence-electron chi connectivity index (χ4n) is 3.95. The molecule has 0 saturated heterocycles. The van der Waals surface area contributed by atoms with Crippen LogP contribution in [-0.2, 0) is 4.79 Å². The Morgan fingerprint density at radius 2 is 1.97 bits per heavy atom. The van der Waals surface area contributed by atoms with Gasteiger partial charge in [0, 0.05) is 23.2 Å². The minimum atomic E-state index is 0.114. The van der Waals surface area contributed by atoms with Crippen LogP contribution in [0.25, 0.3) is 44.6 Å². The summed E-state index contributed by atoms with van der Waals surface area (Å²) in [4.78, 5) is 24.3. The summed E-state index contributed by atoms with van der Waals surface area (Å²) in [6.07, 6.45) is 5.46. The fourth-order valence-corrected chi connectivity index (χ4v) is 3.95. The van der Waals surface area contributed by atoms with E-state index in [0.717, 1.165) is 62.8 Å². The number of nitrogens with zero attached hydrogens (tertiary/aromatic N) is 3. The van der Waals surface area contributed by atoms with Gasteiger partial charge < -0.3 is 10.3 Å². The van der Waals surface area contributed by atoms with Crippen molar-refractivity contribution < 1.29 is 4.79 Å². The number of aryl methyl sites for hydroxylation is 1. The van der Waals surface area contributed by atoms with E-state index in [1.54, 1.807) is 12.4 Å². The van der Waals surface area contributed by atoms with Gasteiger partial charge in [0.15, 0.2) is 5.82 Å². The number of nitrogens with one attached hydrogen (secondary N) is 3. The Hall–Kier alpha value is -4.00. The van der Waals surface area contributed by atoms with Crippen molar-refractivity contribution in [3.8, 4) is 22.6 Å². The van der Waals surface area contributed by atoms with Gasteiger partial charge in [-0.3, -0.25) is 14.9 Å². The standard InChI is InChI=1S/C24H20N6O/c1-13-8-16(10-17(9-13)26-24(31)14-2-3-14)15-4-5-19-18(11-15)22(30-29-19)23-27-20-6-7-25-12-21(20)28-23/h4-12,14H,2-3H2,1H3,(H,26,31)(H,27,28)(H,29,30). The van der Waals surface area contributed by atoms with Gasteiger partial charge in [0.05, 0.1) is 22.7 Å². The first-order valence-electron chi connectivity index (χ1n) is 10.4. The second-order valence-corrected chi connectivity index (χ2v) is 8.16. The number of H-pyrrole nitrogens is 2. The SMILES string of the molecule is Cc1cc(NC(=O)C2CC2)cc(-c2ccc3[nH]nc(-c4nc5ccncc5[nH]4)c3c2)c1. The summed E-state index contributed by atoms with van der Waals surface area (Å²) in [5.74, 6) is 0.990. The van der Waals surface area contributed by atoms with Crippen LogP contribution in [0, 0.1) is 12.8 Å². The topological polar surface area (TPSA) is 99.3 Å². The molecule has 1 fully saturated rings. The molecule has 7 nitrogen and oxygen atoms in total. The van der Waals surface area contributed by atoms with E-state index in [1.807, 2.05) is 31.2 Å². The molecule has 5 aromatic rings. The van der Waals surface area contributed by atoms with Crippen LogP contribution in [0.5, 0.6) is 0 Å². The molecule has 3 N–H and O–H groups in total. The number of amides is 1. The molecule has 1 saturated carbocycles. The number of aromatic nitrogens is 5. The van der Waals surface area contributed by atoms with E-state index < -0.39 is 0 Å². The van der Waals surface area contributed by atoms with Gasteiger partial charge in [-0.2, -0.15) is 5.10 Å². The summed E-state index contributed by atoms with van der Waals surface area (Å²) < 4.78 is 0. The molecular weight excluding hydrogens is 388 g/mol. The molecule has 152 valence electrons. The predicted octanol–water partition coefficient (Wildman–Crippen LogP) is 4.83. The van der Waals surface area contributed by atoms with Gasteiger partial charge in [0.25, 0.3) is 0 Å². The molecule has 1 aliphatic carbocycles. The summed E-state index contributed by atoms with van der Waals surface area (Å²) in [7, 11) is 0. The van der Waals surface area contributed by atoms with Crippen molar-refractivity contribution in [2.75, 3.05) is 5.32 Å². The number of rotatable bonds is 4. The number of hydrogen-bond acceptors (Lipinski definition) is 4. The number of carbonyl (C=O) groups is 1. The van der Waals surface area contributed by atoms with Crippen molar-refractivity contribution in [2.24, 2.45) is 5.92 Å². The summed E-state index contributed by atoms with van der Waals surface area (Å²) >= 11 is 0. The highest BCUT2D eigenvalue weighted by molar-refractivity contribution is 5.97. The molecule has 0 unspecified atom stereocenters. The first-order chi connectivity index (χ1) is 15.1. The smallest absolute Gasteiger partial charge is 0.227 e. The van der Waals surface area contributed by atoms with Crippen molar-refractivity contribution in [1.29, 1.82) is 0 Å². The maximum Gasteiger partial charge on any atom is 0.227 e. The van der Waals surface area contributed by atoms with Crippen molar-refractivity contribution >= 4 is 33.5 Å². The van der Waals surface area contributed by atoms with Crippen LogP contribution in [0.2, 0.25) is 0 Å². The molecule has 0 radical (unpaired) electrons. The zero-order valence-corrected chi connectivity index (χ0v) is 16.9. The lowest BCUT2D eigenvalue weighted by Gasteiger charge is -2.10. The highest BCUT2D eigenvalue weighted by Crippen LogP contribution is 2.33. The number of benzene rings is 2. The molecule has 1 amide bonds. The maximum atomic E-state index is 12.2. The first-order valence-corrected chi connectivity index (χ1v) is 10.4. The number of hydrogen-bond donors (Lipinski definition) is 3. The Labute approximate surface area is 177 Å². The number of carbonyl (C=O) groups excluding carboxylic acids is 1. The summed E-state index contributed by atoms with van der Waals surface area (Å²) in [6.45, 7) is 2.04. The highest BCUT2D eigenvalue weighted by Gasteiger charge is 2.29. The minimum Gasteiger partial charge on any atom is -0.335 e. The minimum absolute atomic E-state index is 0.114.